The highest BCUT2D eigenvalue weighted by Crippen LogP contribution is 2.26. The van der Waals surface area contributed by atoms with E-state index in [4.69, 9.17) is 0 Å². The summed E-state index contributed by atoms with van der Waals surface area (Å²) in [6, 6.07) is 0. The lowest BCUT2D eigenvalue weighted by atomic mass is 10.2. The van der Waals surface area contributed by atoms with E-state index in [1.807, 2.05) is 13.8 Å². The van der Waals surface area contributed by atoms with Gasteiger partial charge in [0.2, 0.25) is 0 Å². The highest BCUT2D eigenvalue weighted by atomic mass is 31.1. The van der Waals surface area contributed by atoms with Crippen LogP contribution in [0.25, 0.3) is 0 Å². The summed E-state index contributed by atoms with van der Waals surface area (Å²) in [5, 5.41) is 0. The second-order valence-electron chi connectivity index (χ2n) is 4.11. The summed E-state index contributed by atoms with van der Waals surface area (Å²) < 4.78 is 20.3. The maximum Gasteiger partial charge on any atom is 0.423 e. The van der Waals surface area contributed by atoms with Crippen molar-refractivity contribution in [3.63, 3.8) is 0 Å². The Hall–Kier alpha value is -0.830. The fourth-order valence-electron chi connectivity index (χ4n) is 1.35. The molecule has 0 aromatic heterocycles. The molecule has 0 rings (SSSR count). The summed E-state index contributed by atoms with van der Waals surface area (Å²) in [4.78, 5) is 22.4. The number of unbranched alkanes of at least 4 members (excludes halogenated alkanes) is 4. The van der Waals surface area contributed by atoms with E-state index in [0.29, 0.717) is 12.8 Å². The third-order valence-corrected chi connectivity index (χ3v) is 3.15. The first-order chi connectivity index (χ1) is 8.60. The lowest BCUT2D eigenvalue weighted by molar-refractivity contribution is -0.137. The molecule has 0 heterocycles. The summed E-state index contributed by atoms with van der Waals surface area (Å²) in [6.45, 7) is 4.04. The summed E-state index contributed by atoms with van der Waals surface area (Å²) in [5.74, 6) is -1.12. The molecule has 0 aliphatic heterocycles. The van der Waals surface area contributed by atoms with Gasteiger partial charge < -0.3 is 9.05 Å². The van der Waals surface area contributed by atoms with Crippen LogP contribution in [0.1, 0.15) is 65.2 Å². The SMILES string of the molecule is CCCCCC(=O)O[PH](=O)OC(=O)CCCCC. The minimum absolute atomic E-state index is 0.220. The van der Waals surface area contributed by atoms with E-state index >= 15 is 0 Å². The maximum absolute atomic E-state index is 11.2. The van der Waals surface area contributed by atoms with Crippen molar-refractivity contribution in [1.82, 2.24) is 0 Å². The fourth-order valence-corrected chi connectivity index (χ4v) is 1.97. The Labute approximate surface area is 109 Å². The molecule has 0 saturated heterocycles. The average molecular weight is 278 g/mol. The molecule has 0 spiro atoms. The highest BCUT2D eigenvalue weighted by molar-refractivity contribution is 7.34. The maximum atomic E-state index is 11.2. The van der Waals surface area contributed by atoms with Crippen molar-refractivity contribution < 1.29 is 23.2 Å². The van der Waals surface area contributed by atoms with Gasteiger partial charge in [-0.25, -0.2) is 4.57 Å². The van der Waals surface area contributed by atoms with Gasteiger partial charge in [-0.1, -0.05) is 39.5 Å². The van der Waals surface area contributed by atoms with Gasteiger partial charge in [0.05, 0.1) is 0 Å². The van der Waals surface area contributed by atoms with E-state index in [1.54, 1.807) is 0 Å². The van der Waals surface area contributed by atoms with Crippen molar-refractivity contribution in [2.75, 3.05) is 0 Å². The minimum Gasteiger partial charge on any atom is -0.385 e. The molecule has 6 heteroatoms. The molecule has 0 aromatic rings. The Morgan fingerprint density at radius 3 is 1.56 bits per heavy atom. The third-order valence-electron chi connectivity index (χ3n) is 2.36. The van der Waals surface area contributed by atoms with E-state index in [1.165, 1.54) is 0 Å². The van der Waals surface area contributed by atoms with Crippen LogP contribution in [0.3, 0.4) is 0 Å². The van der Waals surface area contributed by atoms with Crippen molar-refractivity contribution in [3.8, 4) is 0 Å². The normalized spacial score (nSPS) is 10.4. The van der Waals surface area contributed by atoms with Crippen molar-refractivity contribution in [1.29, 1.82) is 0 Å². The van der Waals surface area contributed by atoms with E-state index in [0.717, 1.165) is 25.7 Å². The number of carbonyl (C=O) groups excluding carboxylic acids is 2. The number of rotatable bonds is 10. The van der Waals surface area contributed by atoms with Crippen molar-refractivity contribution in [2.45, 2.75) is 65.2 Å². The highest BCUT2D eigenvalue weighted by Gasteiger charge is 2.12. The Morgan fingerprint density at radius 2 is 1.22 bits per heavy atom. The van der Waals surface area contributed by atoms with Crippen molar-refractivity contribution >= 4 is 20.2 Å². The number of hydrogen-bond donors (Lipinski definition) is 0. The molecule has 0 aliphatic carbocycles. The second-order valence-corrected chi connectivity index (χ2v) is 5.02. The largest absolute Gasteiger partial charge is 0.423 e. The summed E-state index contributed by atoms with van der Waals surface area (Å²) >= 11 is 0. The fraction of sp³-hybridized carbons (Fsp3) is 0.833. The Balaban J connectivity index is 3.68. The molecule has 0 atom stereocenters. The van der Waals surface area contributed by atoms with Crippen LogP contribution in [0.2, 0.25) is 0 Å². The predicted molar refractivity (Wildman–Crippen MR) is 69.5 cm³/mol. The summed E-state index contributed by atoms with van der Waals surface area (Å²) in [7, 11) is -3.01. The van der Waals surface area contributed by atoms with Gasteiger partial charge in [-0.3, -0.25) is 9.59 Å². The van der Waals surface area contributed by atoms with Crippen LogP contribution < -0.4 is 0 Å². The first kappa shape index (κ1) is 17.2. The van der Waals surface area contributed by atoms with Gasteiger partial charge in [-0.15, -0.1) is 0 Å². The van der Waals surface area contributed by atoms with Gasteiger partial charge in [-0.2, -0.15) is 0 Å². The van der Waals surface area contributed by atoms with Gasteiger partial charge in [-0.05, 0) is 12.8 Å². The summed E-state index contributed by atoms with van der Waals surface area (Å²) in [5.41, 5.74) is 0. The first-order valence-electron chi connectivity index (χ1n) is 6.55. The molecule has 0 bridgehead atoms. The van der Waals surface area contributed by atoms with Gasteiger partial charge >= 0.3 is 20.2 Å². The molecule has 0 unspecified atom stereocenters. The van der Waals surface area contributed by atoms with Crippen LogP contribution in [0.4, 0.5) is 0 Å². The molecular formula is C12H23O5P. The van der Waals surface area contributed by atoms with E-state index in [2.05, 4.69) is 9.05 Å². The molecule has 0 saturated carbocycles. The van der Waals surface area contributed by atoms with Crippen molar-refractivity contribution in [3.05, 3.63) is 0 Å². The van der Waals surface area contributed by atoms with E-state index in [9.17, 15) is 14.2 Å². The molecule has 0 fully saturated rings. The standard InChI is InChI=1S/C12H23O5P/c1-3-5-7-9-11(13)16-18(15)17-12(14)10-8-6-4-2/h18H,3-10H2,1-2H3. The number of carbonyl (C=O) groups is 2. The molecule has 18 heavy (non-hydrogen) atoms. The topological polar surface area (TPSA) is 69.7 Å². The molecular weight excluding hydrogens is 255 g/mol. The van der Waals surface area contributed by atoms with Crippen LogP contribution >= 0.6 is 8.25 Å². The smallest absolute Gasteiger partial charge is 0.385 e. The molecule has 0 amide bonds. The molecule has 106 valence electrons. The molecule has 0 aliphatic rings. The second kappa shape index (κ2) is 11.3. The van der Waals surface area contributed by atoms with Crippen LogP contribution in [0, 0.1) is 0 Å². The quantitative estimate of drug-likeness (QED) is 0.451. The Morgan fingerprint density at radius 1 is 0.833 bits per heavy atom. The minimum atomic E-state index is -3.01. The summed E-state index contributed by atoms with van der Waals surface area (Å²) in [6.07, 6.45) is 5.68. The lowest BCUT2D eigenvalue weighted by Gasteiger charge is -2.05. The first-order valence-corrected chi connectivity index (χ1v) is 7.77. The van der Waals surface area contributed by atoms with E-state index < -0.39 is 20.2 Å². The van der Waals surface area contributed by atoms with Crippen LogP contribution in [0.15, 0.2) is 0 Å². The van der Waals surface area contributed by atoms with Crippen LogP contribution in [-0.4, -0.2) is 11.9 Å². The van der Waals surface area contributed by atoms with Crippen LogP contribution in [-0.2, 0) is 23.2 Å². The van der Waals surface area contributed by atoms with Crippen LogP contribution in [0.5, 0.6) is 0 Å². The monoisotopic (exact) mass is 278 g/mol. The van der Waals surface area contributed by atoms with E-state index in [-0.39, 0.29) is 12.8 Å². The Bertz CT molecular complexity index is 252. The zero-order valence-corrected chi connectivity index (χ0v) is 12.2. The van der Waals surface area contributed by atoms with Crippen molar-refractivity contribution in [2.24, 2.45) is 0 Å². The molecule has 0 N–H and O–H groups in total. The molecule has 5 nitrogen and oxygen atoms in total. The van der Waals surface area contributed by atoms with Gasteiger partial charge in [0.15, 0.2) is 0 Å². The molecule has 0 aromatic carbocycles. The van der Waals surface area contributed by atoms with Gasteiger partial charge in [0.25, 0.3) is 0 Å². The zero-order chi connectivity index (χ0) is 13.8. The van der Waals surface area contributed by atoms with Gasteiger partial charge in [0, 0.05) is 12.8 Å². The zero-order valence-electron chi connectivity index (χ0n) is 11.2. The third kappa shape index (κ3) is 10.3. The number of hydrogen-bond acceptors (Lipinski definition) is 5. The average Bonchev–Trinajstić information content (AvgIpc) is 2.29. The Kier molecular flexibility index (Phi) is 10.8. The predicted octanol–water partition coefficient (Wildman–Crippen LogP) is 3.62. The lowest BCUT2D eigenvalue weighted by Crippen LogP contribution is -2.03. The molecule has 0 radical (unpaired) electrons. The van der Waals surface area contributed by atoms with Gasteiger partial charge in [0.1, 0.15) is 0 Å².